The summed E-state index contributed by atoms with van der Waals surface area (Å²) in [6, 6.07) is 8.07. The van der Waals surface area contributed by atoms with Crippen LogP contribution in [0.2, 0.25) is 0 Å². The van der Waals surface area contributed by atoms with Crippen molar-refractivity contribution in [2.75, 3.05) is 13.2 Å². The molecule has 0 saturated heterocycles. The molecule has 4 heteroatoms. The molecule has 0 fully saturated rings. The van der Waals surface area contributed by atoms with Crippen LogP contribution in [0.15, 0.2) is 24.3 Å². The van der Waals surface area contributed by atoms with Gasteiger partial charge in [-0.25, -0.2) is 0 Å². The highest BCUT2D eigenvalue weighted by atomic mass is 16.5. The van der Waals surface area contributed by atoms with Crippen molar-refractivity contribution in [1.29, 1.82) is 0 Å². The summed E-state index contributed by atoms with van der Waals surface area (Å²) in [5.74, 6) is 0.889. The number of para-hydroxylation sites is 1. The van der Waals surface area contributed by atoms with Gasteiger partial charge >= 0.3 is 0 Å². The van der Waals surface area contributed by atoms with Crippen molar-refractivity contribution in [3.05, 3.63) is 29.8 Å². The summed E-state index contributed by atoms with van der Waals surface area (Å²) in [6.07, 6.45) is 0.825. The molecule has 0 aliphatic carbocycles. The zero-order chi connectivity index (χ0) is 14.1. The van der Waals surface area contributed by atoms with Gasteiger partial charge in [-0.3, -0.25) is 0 Å². The fourth-order valence-corrected chi connectivity index (χ4v) is 2.38. The first-order valence-corrected chi connectivity index (χ1v) is 6.68. The van der Waals surface area contributed by atoms with E-state index in [9.17, 15) is 5.11 Å². The van der Waals surface area contributed by atoms with E-state index in [-0.39, 0.29) is 18.2 Å². The minimum absolute atomic E-state index is 0.123. The first-order chi connectivity index (χ1) is 8.83. The highest BCUT2D eigenvalue weighted by molar-refractivity contribution is 5.38. The molecule has 1 aromatic carbocycles. The molecular formula is C15H23NO3. The van der Waals surface area contributed by atoms with Gasteiger partial charge in [0.1, 0.15) is 11.4 Å². The largest absolute Gasteiger partial charge is 0.487 e. The van der Waals surface area contributed by atoms with Crippen molar-refractivity contribution in [2.45, 2.75) is 44.4 Å². The van der Waals surface area contributed by atoms with E-state index < -0.39 is 5.60 Å². The second-order valence-corrected chi connectivity index (χ2v) is 6.19. The van der Waals surface area contributed by atoms with Gasteiger partial charge in [0.05, 0.1) is 12.2 Å². The first-order valence-electron chi connectivity index (χ1n) is 6.68. The molecule has 3 N–H and O–H groups in total. The van der Waals surface area contributed by atoms with Crippen LogP contribution in [0.5, 0.6) is 5.75 Å². The Morgan fingerprint density at radius 2 is 2.11 bits per heavy atom. The van der Waals surface area contributed by atoms with Crippen molar-refractivity contribution in [2.24, 2.45) is 0 Å². The van der Waals surface area contributed by atoms with E-state index >= 15 is 0 Å². The molecule has 1 heterocycles. The fourth-order valence-electron chi connectivity index (χ4n) is 2.38. The van der Waals surface area contributed by atoms with Gasteiger partial charge in [-0.15, -0.1) is 0 Å². The van der Waals surface area contributed by atoms with Gasteiger partial charge in [-0.1, -0.05) is 18.2 Å². The number of benzene rings is 1. The Labute approximate surface area is 114 Å². The normalized spacial score (nSPS) is 24.2. The third kappa shape index (κ3) is 3.47. The number of rotatable bonds is 4. The molecule has 2 rings (SSSR count). The molecule has 0 bridgehead atoms. The summed E-state index contributed by atoms with van der Waals surface area (Å²) < 4.78 is 5.96. The van der Waals surface area contributed by atoms with Gasteiger partial charge in [-0.05, 0) is 26.8 Å². The van der Waals surface area contributed by atoms with Gasteiger partial charge in [0, 0.05) is 24.6 Å². The standard InChI is InChI=1S/C15H23NO3/c1-14(2)8-12(16-9-15(3,18)10-17)11-6-4-5-7-13(11)19-14/h4-7,12,16-18H,8-10H2,1-3H3. The smallest absolute Gasteiger partial charge is 0.124 e. The monoisotopic (exact) mass is 265 g/mol. The molecule has 1 aliphatic rings. The van der Waals surface area contributed by atoms with Crippen LogP contribution in [0.3, 0.4) is 0 Å². The van der Waals surface area contributed by atoms with Crippen molar-refractivity contribution in [3.63, 3.8) is 0 Å². The van der Waals surface area contributed by atoms with Crippen LogP contribution in [-0.2, 0) is 0 Å². The van der Waals surface area contributed by atoms with E-state index in [1.54, 1.807) is 6.92 Å². The Morgan fingerprint density at radius 1 is 1.42 bits per heavy atom. The number of hydrogen-bond acceptors (Lipinski definition) is 4. The maximum atomic E-state index is 9.89. The lowest BCUT2D eigenvalue weighted by atomic mass is 9.89. The molecule has 4 nitrogen and oxygen atoms in total. The quantitative estimate of drug-likeness (QED) is 0.774. The number of ether oxygens (including phenoxy) is 1. The van der Waals surface area contributed by atoms with Gasteiger partial charge in [-0.2, -0.15) is 0 Å². The van der Waals surface area contributed by atoms with Crippen LogP contribution >= 0.6 is 0 Å². The summed E-state index contributed by atoms with van der Waals surface area (Å²) in [7, 11) is 0. The van der Waals surface area contributed by atoms with E-state index in [1.165, 1.54) is 0 Å². The molecule has 2 atom stereocenters. The van der Waals surface area contributed by atoms with E-state index in [0.717, 1.165) is 17.7 Å². The first kappa shape index (κ1) is 14.3. The number of hydrogen-bond donors (Lipinski definition) is 3. The summed E-state index contributed by atoms with van der Waals surface area (Å²) >= 11 is 0. The molecule has 1 aliphatic heterocycles. The predicted octanol–water partition coefficient (Wildman–Crippen LogP) is 1.62. The average molecular weight is 265 g/mol. The van der Waals surface area contributed by atoms with Crippen LogP contribution in [0.1, 0.15) is 38.8 Å². The van der Waals surface area contributed by atoms with Gasteiger partial charge in [0.15, 0.2) is 0 Å². The molecule has 1 aromatic rings. The molecule has 106 valence electrons. The molecule has 0 spiro atoms. The molecular weight excluding hydrogens is 242 g/mol. The third-order valence-electron chi connectivity index (χ3n) is 3.45. The Bertz CT molecular complexity index is 443. The number of aliphatic hydroxyl groups is 2. The molecule has 0 amide bonds. The van der Waals surface area contributed by atoms with Gasteiger partial charge in [0.2, 0.25) is 0 Å². The van der Waals surface area contributed by atoms with Gasteiger partial charge < -0.3 is 20.3 Å². The molecule has 2 unspecified atom stereocenters. The van der Waals surface area contributed by atoms with E-state index in [1.807, 2.05) is 24.3 Å². The van der Waals surface area contributed by atoms with E-state index in [4.69, 9.17) is 9.84 Å². The minimum Gasteiger partial charge on any atom is -0.487 e. The Morgan fingerprint density at radius 3 is 2.79 bits per heavy atom. The Kier molecular flexibility index (Phi) is 3.85. The Balaban J connectivity index is 2.16. The lowest BCUT2D eigenvalue weighted by molar-refractivity contribution is -0.00435. The topological polar surface area (TPSA) is 61.7 Å². The van der Waals surface area contributed by atoms with Crippen molar-refractivity contribution in [3.8, 4) is 5.75 Å². The summed E-state index contributed by atoms with van der Waals surface area (Å²) in [5.41, 5.74) is -0.232. The highest BCUT2D eigenvalue weighted by Gasteiger charge is 2.34. The van der Waals surface area contributed by atoms with Crippen LogP contribution < -0.4 is 10.1 Å². The van der Waals surface area contributed by atoms with Crippen molar-refractivity contribution < 1.29 is 14.9 Å². The van der Waals surface area contributed by atoms with E-state index in [2.05, 4.69) is 19.2 Å². The molecule has 0 aromatic heterocycles. The summed E-state index contributed by atoms with van der Waals surface area (Å²) in [5, 5.41) is 22.3. The van der Waals surface area contributed by atoms with Gasteiger partial charge in [0.25, 0.3) is 0 Å². The number of aliphatic hydroxyl groups excluding tert-OH is 1. The average Bonchev–Trinajstić information content (AvgIpc) is 2.35. The lowest BCUT2D eigenvalue weighted by Crippen LogP contribution is -2.46. The SMILES string of the molecule is CC(O)(CO)CNC1CC(C)(C)Oc2ccccc21. The minimum atomic E-state index is -1.10. The second-order valence-electron chi connectivity index (χ2n) is 6.19. The maximum Gasteiger partial charge on any atom is 0.124 e. The fraction of sp³-hybridized carbons (Fsp3) is 0.600. The second kappa shape index (κ2) is 5.12. The van der Waals surface area contributed by atoms with Crippen LogP contribution in [0, 0.1) is 0 Å². The summed E-state index contributed by atoms with van der Waals surface area (Å²) in [6.45, 7) is 5.83. The highest BCUT2D eigenvalue weighted by Crippen LogP contribution is 2.39. The van der Waals surface area contributed by atoms with Crippen molar-refractivity contribution >= 4 is 0 Å². The summed E-state index contributed by atoms with van der Waals surface area (Å²) in [4.78, 5) is 0. The number of fused-ring (bicyclic) bond motifs is 1. The van der Waals surface area contributed by atoms with Crippen LogP contribution in [0.25, 0.3) is 0 Å². The van der Waals surface area contributed by atoms with E-state index in [0.29, 0.717) is 6.54 Å². The lowest BCUT2D eigenvalue weighted by Gasteiger charge is -2.39. The van der Waals surface area contributed by atoms with Crippen LogP contribution in [-0.4, -0.2) is 34.6 Å². The predicted molar refractivity (Wildman–Crippen MR) is 74.2 cm³/mol. The zero-order valence-corrected chi connectivity index (χ0v) is 11.8. The zero-order valence-electron chi connectivity index (χ0n) is 11.8. The number of nitrogens with one attached hydrogen (secondary N) is 1. The van der Waals surface area contributed by atoms with Crippen LogP contribution in [0.4, 0.5) is 0 Å². The molecule has 19 heavy (non-hydrogen) atoms. The third-order valence-corrected chi connectivity index (χ3v) is 3.45. The Hall–Kier alpha value is -1.10. The maximum absolute atomic E-state index is 9.89. The molecule has 0 saturated carbocycles. The van der Waals surface area contributed by atoms with Crippen molar-refractivity contribution in [1.82, 2.24) is 5.32 Å². The molecule has 0 radical (unpaired) electrons.